The van der Waals surface area contributed by atoms with Crippen molar-refractivity contribution in [3.05, 3.63) is 42.2 Å². The number of anilines is 1. The Morgan fingerprint density at radius 1 is 1.42 bits per heavy atom. The minimum Gasteiger partial charge on any atom is -0.365 e. The largest absolute Gasteiger partial charge is 0.365 e. The Morgan fingerprint density at radius 3 is 2.89 bits per heavy atom. The Labute approximate surface area is 108 Å². The average Bonchev–Trinajstić information content (AvgIpc) is 2.87. The monoisotopic (exact) mass is 263 g/mol. The Morgan fingerprint density at radius 2 is 2.21 bits per heavy atom. The van der Waals surface area contributed by atoms with Gasteiger partial charge in [0.25, 0.3) is 0 Å². The molecule has 0 N–H and O–H groups in total. The molecule has 0 aromatic carbocycles. The maximum Gasteiger partial charge on any atom is 0.319 e. The van der Waals surface area contributed by atoms with Crippen LogP contribution in [0.25, 0.3) is 0 Å². The molecule has 0 aliphatic rings. The van der Waals surface area contributed by atoms with Crippen molar-refractivity contribution in [1.82, 2.24) is 14.5 Å². The van der Waals surface area contributed by atoms with Crippen molar-refractivity contribution >= 4 is 5.69 Å². The number of imidazole rings is 1. The predicted molar refractivity (Wildman–Crippen MR) is 64.5 cm³/mol. The van der Waals surface area contributed by atoms with Crippen LogP contribution in [-0.2, 0) is 6.54 Å². The second-order valence-electron chi connectivity index (χ2n) is 3.87. The van der Waals surface area contributed by atoms with Gasteiger partial charge in [-0.25, -0.2) is 9.97 Å². The van der Waals surface area contributed by atoms with E-state index in [9.17, 15) is 8.78 Å². The number of nitriles is 1. The first-order chi connectivity index (χ1) is 9.13. The Hall–Kier alpha value is -2.49. The second kappa shape index (κ2) is 5.44. The molecule has 0 bridgehead atoms. The average molecular weight is 263 g/mol. The van der Waals surface area contributed by atoms with Crippen LogP contribution in [0.3, 0.4) is 0 Å². The van der Waals surface area contributed by atoms with Crippen molar-refractivity contribution < 1.29 is 8.78 Å². The molecule has 2 aromatic heterocycles. The lowest BCUT2D eigenvalue weighted by atomic mass is 10.3. The third-order valence-corrected chi connectivity index (χ3v) is 2.64. The van der Waals surface area contributed by atoms with Gasteiger partial charge in [0, 0.05) is 25.6 Å². The maximum absolute atomic E-state index is 12.7. The minimum atomic E-state index is -2.63. The third kappa shape index (κ3) is 2.68. The van der Waals surface area contributed by atoms with Crippen LogP contribution in [-0.4, -0.2) is 21.6 Å². The molecule has 2 rings (SSSR count). The zero-order valence-corrected chi connectivity index (χ0v) is 10.2. The predicted octanol–water partition coefficient (Wildman–Crippen LogP) is 2.18. The molecule has 0 unspecified atom stereocenters. The van der Waals surface area contributed by atoms with Gasteiger partial charge < -0.3 is 4.90 Å². The van der Waals surface area contributed by atoms with E-state index in [1.54, 1.807) is 24.1 Å². The molecule has 5 nitrogen and oxygen atoms in total. The highest BCUT2D eigenvalue weighted by Gasteiger charge is 2.15. The molecule has 0 atom stereocenters. The van der Waals surface area contributed by atoms with Crippen molar-refractivity contribution in [2.45, 2.75) is 13.1 Å². The van der Waals surface area contributed by atoms with Crippen LogP contribution in [0.4, 0.5) is 14.5 Å². The van der Waals surface area contributed by atoms with Crippen LogP contribution in [0.2, 0.25) is 0 Å². The molecular formula is C12H11F2N5. The topological polar surface area (TPSA) is 57.7 Å². The normalized spacial score (nSPS) is 10.5. The van der Waals surface area contributed by atoms with E-state index in [1.165, 1.54) is 18.6 Å². The summed E-state index contributed by atoms with van der Waals surface area (Å²) in [5.74, 6) is 0.227. The standard InChI is InChI=1S/C12H11F2N5/c1-18(10-3-2-4-16-9(10)7-15)8-11-17-5-6-19(11)12(13)14/h2-6,12H,8H2,1H3. The van der Waals surface area contributed by atoms with Gasteiger partial charge in [-0.05, 0) is 12.1 Å². The van der Waals surface area contributed by atoms with Crippen molar-refractivity contribution in [3.8, 4) is 6.07 Å². The van der Waals surface area contributed by atoms with Gasteiger partial charge in [-0.15, -0.1) is 0 Å². The zero-order valence-electron chi connectivity index (χ0n) is 10.2. The summed E-state index contributed by atoms with van der Waals surface area (Å²) >= 11 is 0. The zero-order chi connectivity index (χ0) is 13.8. The first-order valence-electron chi connectivity index (χ1n) is 5.49. The second-order valence-corrected chi connectivity index (χ2v) is 3.87. The van der Waals surface area contributed by atoms with Crippen LogP contribution in [0.5, 0.6) is 0 Å². The molecule has 0 saturated heterocycles. The molecule has 98 valence electrons. The van der Waals surface area contributed by atoms with Crippen LogP contribution < -0.4 is 4.90 Å². The molecule has 0 aliphatic heterocycles. The van der Waals surface area contributed by atoms with Gasteiger partial charge >= 0.3 is 6.55 Å². The molecular weight excluding hydrogens is 252 g/mol. The van der Waals surface area contributed by atoms with Crippen molar-refractivity contribution in [2.24, 2.45) is 0 Å². The van der Waals surface area contributed by atoms with Gasteiger partial charge in [0.2, 0.25) is 0 Å². The molecule has 7 heteroatoms. The number of alkyl halides is 2. The van der Waals surface area contributed by atoms with Gasteiger partial charge in [0.05, 0.1) is 12.2 Å². The molecule has 0 radical (unpaired) electrons. The van der Waals surface area contributed by atoms with E-state index in [0.717, 1.165) is 4.57 Å². The summed E-state index contributed by atoms with van der Waals surface area (Å²) in [5, 5.41) is 8.96. The van der Waals surface area contributed by atoms with Crippen molar-refractivity contribution in [3.63, 3.8) is 0 Å². The fraction of sp³-hybridized carbons (Fsp3) is 0.250. The number of nitrogens with zero attached hydrogens (tertiary/aromatic N) is 5. The number of hydrogen-bond donors (Lipinski definition) is 0. The SMILES string of the molecule is CN(Cc1nccn1C(F)F)c1cccnc1C#N. The minimum absolute atomic E-state index is 0.164. The van der Waals surface area contributed by atoms with Crippen LogP contribution in [0, 0.1) is 11.3 Å². The molecule has 0 fully saturated rings. The van der Waals surface area contributed by atoms with E-state index < -0.39 is 6.55 Å². The lowest BCUT2D eigenvalue weighted by Gasteiger charge is -2.19. The van der Waals surface area contributed by atoms with Gasteiger partial charge in [-0.1, -0.05) is 0 Å². The highest BCUT2D eigenvalue weighted by Crippen LogP contribution is 2.19. The van der Waals surface area contributed by atoms with Crippen molar-refractivity contribution in [2.75, 3.05) is 11.9 Å². The highest BCUT2D eigenvalue weighted by molar-refractivity contribution is 5.54. The number of rotatable bonds is 4. The summed E-state index contributed by atoms with van der Waals surface area (Å²) in [6, 6.07) is 5.36. The molecule has 2 heterocycles. The van der Waals surface area contributed by atoms with Crippen LogP contribution >= 0.6 is 0 Å². The molecule has 0 spiro atoms. The summed E-state index contributed by atoms with van der Waals surface area (Å²) in [6.45, 7) is -2.47. The quantitative estimate of drug-likeness (QED) is 0.848. The molecule has 0 saturated carbocycles. The first-order valence-corrected chi connectivity index (χ1v) is 5.49. The van der Waals surface area contributed by atoms with Gasteiger partial charge in [0.15, 0.2) is 5.69 Å². The Kier molecular flexibility index (Phi) is 3.71. The first kappa shape index (κ1) is 13.0. The van der Waals surface area contributed by atoms with Gasteiger partial charge in [-0.2, -0.15) is 14.0 Å². The Bertz CT molecular complexity index is 602. The van der Waals surface area contributed by atoms with Crippen LogP contribution in [0.1, 0.15) is 18.1 Å². The van der Waals surface area contributed by atoms with E-state index in [1.807, 2.05) is 6.07 Å². The number of pyridine rings is 1. The number of halogens is 2. The summed E-state index contributed by atoms with van der Waals surface area (Å²) in [5.41, 5.74) is 0.828. The third-order valence-electron chi connectivity index (χ3n) is 2.64. The lowest BCUT2D eigenvalue weighted by Crippen LogP contribution is -2.21. The molecule has 0 amide bonds. The Balaban J connectivity index is 2.24. The highest BCUT2D eigenvalue weighted by atomic mass is 19.3. The fourth-order valence-corrected chi connectivity index (χ4v) is 1.73. The van der Waals surface area contributed by atoms with Crippen LogP contribution in [0.15, 0.2) is 30.7 Å². The number of aromatic nitrogens is 3. The molecule has 19 heavy (non-hydrogen) atoms. The fourth-order valence-electron chi connectivity index (χ4n) is 1.73. The molecule has 0 aliphatic carbocycles. The smallest absolute Gasteiger partial charge is 0.319 e. The summed E-state index contributed by atoms with van der Waals surface area (Å²) in [4.78, 5) is 9.48. The van der Waals surface area contributed by atoms with E-state index >= 15 is 0 Å². The van der Waals surface area contributed by atoms with E-state index in [0.29, 0.717) is 5.69 Å². The lowest BCUT2D eigenvalue weighted by molar-refractivity contribution is 0.0670. The summed E-state index contributed by atoms with van der Waals surface area (Å²) in [7, 11) is 1.70. The summed E-state index contributed by atoms with van der Waals surface area (Å²) in [6.07, 6.45) is 4.06. The van der Waals surface area contributed by atoms with Gasteiger partial charge in [-0.3, -0.25) is 4.57 Å². The van der Waals surface area contributed by atoms with E-state index in [-0.39, 0.29) is 18.1 Å². The van der Waals surface area contributed by atoms with Gasteiger partial charge in [0.1, 0.15) is 11.9 Å². The molecule has 2 aromatic rings. The van der Waals surface area contributed by atoms with Crippen molar-refractivity contribution in [1.29, 1.82) is 5.26 Å². The summed E-state index contributed by atoms with van der Waals surface area (Å²) < 4.78 is 26.2. The number of hydrogen-bond acceptors (Lipinski definition) is 4. The van der Waals surface area contributed by atoms with E-state index in [4.69, 9.17) is 5.26 Å². The van der Waals surface area contributed by atoms with E-state index in [2.05, 4.69) is 9.97 Å². The maximum atomic E-state index is 12.7.